The first-order chi connectivity index (χ1) is 8.84. The number of aromatic nitrogens is 2. The van der Waals surface area contributed by atoms with Crippen molar-refractivity contribution >= 4 is 0 Å². The third kappa shape index (κ3) is 2.04. The van der Waals surface area contributed by atoms with E-state index in [0.29, 0.717) is 13.2 Å². The molecule has 0 radical (unpaired) electrons. The number of nitrogens with two attached hydrogens (primary N) is 1. The van der Waals surface area contributed by atoms with Crippen molar-refractivity contribution in [3.63, 3.8) is 0 Å². The first kappa shape index (κ1) is 11.1. The molecule has 5 nitrogen and oxygen atoms in total. The fourth-order valence-electron chi connectivity index (χ4n) is 2.00. The molecule has 0 saturated heterocycles. The molecule has 1 unspecified atom stereocenters. The number of ether oxygens (including phenoxy) is 2. The minimum Gasteiger partial charge on any atom is -0.490 e. The second-order valence-corrected chi connectivity index (χ2v) is 4.27. The Bertz CT molecular complexity index is 525. The Kier molecular flexibility index (Phi) is 2.90. The van der Waals surface area contributed by atoms with Crippen molar-refractivity contribution in [3.8, 4) is 11.5 Å². The highest BCUT2D eigenvalue weighted by atomic mass is 16.5. The van der Waals surface area contributed by atoms with E-state index in [2.05, 4.69) is 10.2 Å². The average Bonchev–Trinajstić information content (AvgIpc) is 2.83. The summed E-state index contributed by atoms with van der Waals surface area (Å²) in [7, 11) is 0. The number of rotatable bonds is 2. The highest BCUT2D eigenvalue weighted by molar-refractivity contribution is 5.45. The minimum atomic E-state index is -0.207. The average molecular weight is 245 g/mol. The predicted molar refractivity (Wildman–Crippen MR) is 66.7 cm³/mol. The summed E-state index contributed by atoms with van der Waals surface area (Å²) in [6.45, 7) is 1.37. The van der Waals surface area contributed by atoms with Crippen molar-refractivity contribution in [2.45, 2.75) is 12.5 Å². The molecule has 0 aliphatic carbocycles. The zero-order valence-corrected chi connectivity index (χ0v) is 9.93. The highest BCUT2D eigenvalue weighted by Crippen LogP contribution is 2.33. The second-order valence-electron chi connectivity index (χ2n) is 4.27. The number of nitrogens with zero attached hydrogens (tertiary/aromatic N) is 1. The van der Waals surface area contributed by atoms with E-state index in [4.69, 9.17) is 15.2 Å². The van der Waals surface area contributed by atoms with Gasteiger partial charge in [-0.05, 0) is 17.7 Å². The van der Waals surface area contributed by atoms with Gasteiger partial charge in [-0.3, -0.25) is 5.10 Å². The van der Waals surface area contributed by atoms with Crippen LogP contribution in [0.1, 0.15) is 23.6 Å². The molecule has 1 aromatic carbocycles. The topological polar surface area (TPSA) is 73.2 Å². The fraction of sp³-hybridized carbons (Fsp3) is 0.308. The Morgan fingerprint density at radius 2 is 2.00 bits per heavy atom. The van der Waals surface area contributed by atoms with Crippen molar-refractivity contribution in [1.82, 2.24) is 10.2 Å². The molecule has 18 heavy (non-hydrogen) atoms. The van der Waals surface area contributed by atoms with Crippen molar-refractivity contribution in [2.24, 2.45) is 5.73 Å². The van der Waals surface area contributed by atoms with E-state index >= 15 is 0 Å². The van der Waals surface area contributed by atoms with Crippen molar-refractivity contribution in [1.29, 1.82) is 0 Å². The van der Waals surface area contributed by atoms with Crippen LogP contribution in [0.3, 0.4) is 0 Å². The summed E-state index contributed by atoms with van der Waals surface area (Å²) >= 11 is 0. The molecule has 1 aliphatic rings. The van der Waals surface area contributed by atoms with Crippen LogP contribution in [0.5, 0.6) is 11.5 Å². The van der Waals surface area contributed by atoms with Crippen molar-refractivity contribution in [2.75, 3.05) is 13.2 Å². The monoisotopic (exact) mass is 245 g/mol. The van der Waals surface area contributed by atoms with Crippen LogP contribution >= 0.6 is 0 Å². The van der Waals surface area contributed by atoms with Crippen LogP contribution in [-0.2, 0) is 0 Å². The molecule has 0 fully saturated rings. The van der Waals surface area contributed by atoms with Crippen LogP contribution in [0.25, 0.3) is 0 Å². The van der Waals surface area contributed by atoms with E-state index in [9.17, 15) is 0 Å². The van der Waals surface area contributed by atoms with E-state index in [-0.39, 0.29) is 6.04 Å². The summed E-state index contributed by atoms with van der Waals surface area (Å²) in [5.74, 6) is 1.56. The lowest BCUT2D eigenvalue weighted by Gasteiger charge is -2.13. The summed E-state index contributed by atoms with van der Waals surface area (Å²) in [5, 5.41) is 6.68. The normalized spacial score (nSPS) is 16.1. The van der Waals surface area contributed by atoms with Gasteiger partial charge in [-0.25, -0.2) is 0 Å². The Morgan fingerprint density at radius 1 is 1.17 bits per heavy atom. The van der Waals surface area contributed by atoms with E-state index in [1.165, 1.54) is 0 Å². The number of benzene rings is 1. The molecule has 0 spiro atoms. The largest absolute Gasteiger partial charge is 0.490 e. The van der Waals surface area contributed by atoms with E-state index in [1.54, 1.807) is 12.4 Å². The van der Waals surface area contributed by atoms with E-state index in [1.807, 2.05) is 18.2 Å². The number of nitrogens with one attached hydrogen (secondary N) is 1. The first-order valence-corrected chi connectivity index (χ1v) is 5.98. The summed E-state index contributed by atoms with van der Waals surface area (Å²) in [4.78, 5) is 0. The van der Waals surface area contributed by atoms with Gasteiger partial charge in [-0.15, -0.1) is 0 Å². The molecular formula is C13H15N3O2. The maximum Gasteiger partial charge on any atom is 0.161 e. The van der Waals surface area contributed by atoms with Crippen LogP contribution in [0.2, 0.25) is 0 Å². The maximum absolute atomic E-state index is 6.18. The molecule has 94 valence electrons. The molecule has 2 aromatic rings. The Labute approximate surface area is 105 Å². The zero-order chi connectivity index (χ0) is 12.4. The molecule has 0 bridgehead atoms. The van der Waals surface area contributed by atoms with Gasteiger partial charge >= 0.3 is 0 Å². The zero-order valence-electron chi connectivity index (χ0n) is 9.93. The highest BCUT2D eigenvalue weighted by Gasteiger charge is 2.15. The predicted octanol–water partition coefficient (Wildman–Crippen LogP) is 1.62. The van der Waals surface area contributed by atoms with Crippen molar-refractivity contribution < 1.29 is 9.47 Å². The summed E-state index contributed by atoms with van der Waals surface area (Å²) in [6, 6.07) is 5.61. The van der Waals surface area contributed by atoms with Gasteiger partial charge < -0.3 is 15.2 Å². The minimum absolute atomic E-state index is 0.207. The molecule has 1 aliphatic heterocycles. The Hall–Kier alpha value is -2.01. The molecule has 0 amide bonds. The molecule has 0 saturated carbocycles. The van der Waals surface area contributed by atoms with Gasteiger partial charge in [-0.2, -0.15) is 5.10 Å². The number of hydrogen-bond acceptors (Lipinski definition) is 4. The molecule has 1 aromatic heterocycles. The van der Waals surface area contributed by atoms with E-state index < -0.39 is 0 Å². The van der Waals surface area contributed by atoms with Crippen LogP contribution in [0, 0.1) is 0 Å². The van der Waals surface area contributed by atoms with Crippen LogP contribution in [-0.4, -0.2) is 23.4 Å². The lowest BCUT2D eigenvalue weighted by atomic mass is 10.0. The second kappa shape index (κ2) is 4.70. The van der Waals surface area contributed by atoms with Gasteiger partial charge in [0.2, 0.25) is 0 Å². The van der Waals surface area contributed by atoms with Gasteiger partial charge in [0.25, 0.3) is 0 Å². The Morgan fingerprint density at radius 3 is 2.78 bits per heavy atom. The third-order valence-electron chi connectivity index (χ3n) is 3.01. The Balaban J connectivity index is 1.92. The van der Waals surface area contributed by atoms with E-state index in [0.717, 1.165) is 29.0 Å². The summed E-state index contributed by atoms with van der Waals surface area (Å²) < 4.78 is 11.2. The standard InChI is InChI=1S/C13H15N3O2/c14-13(10-7-15-16-8-10)9-2-3-11-12(6-9)18-5-1-4-17-11/h2-3,6-8,13H,1,4-5,14H2,(H,15,16). The molecule has 1 atom stereocenters. The van der Waals surface area contributed by atoms with Gasteiger partial charge in [-0.1, -0.05) is 6.07 Å². The SMILES string of the molecule is NC(c1cn[nH]c1)c1ccc2c(c1)OCCCO2. The lowest BCUT2D eigenvalue weighted by molar-refractivity contribution is 0.297. The molecule has 5 heteroatoms. The molecule has 3 N–H and O–H groups in total. The molecule has 2 heterocycles. The lowest BCUT2D eigenvalue weighted by Crippen LogP contribution is -2.11. The smallest absolute Gasteiger partial charge is 0.161 e. The van der Waals surface area contributed by atoms with Crippen molar-refractivity contribution in [3.05, 3.63) is 41.7 Å². The summed E-state index contributed by atoms with van der Waals surface area (Å²) in [5.41, 5.74) is 8.11. The van der Waals surface area contributed by atoms with Crippen LogP contribution in [0.4, 0.5) is 0 Å². The van der Waals surface area contributed by atoms with Gasteiger partial charge in [0.15, 0.2) is 11.5 Å². The van der Waals surface area contributed by atoms with Gasteiger partial charge in [0.05, 0.1) is 25.5 Å². The number of aromatic amines is 1. The fourth-order valence-corrected chi connectivity index (χ4v) is 2.00. The number of hydrogen-bond donors (Lipinski definition) is 2. The van der Waals surface area contributed by atoms with Gasteiger partial charge in [0, 0.05) is 18.2 Å². The molecule has 3 rings (SSSR count). The quantitative estimate of drug-likeness (QED) is 0.843. The maximum atomic E-state index is 6.18. The van der Waals surface area contributed by atoms with Gasteiger partial charge in [0.1, 0.15) is 0 Å². The molecular weight excluding hydrogens is 230 g/mol. The van der Waals surface area contributed by atoms with Crippen LogP contribution in [0.15, 0.2) is 30.6 Å². The third-order valence-corrected chi connectivity index (χ3v) is 3.01. The van der Waals surface area contributed by atoms with Crippen LogP contribution < -0.4 is 15.2 Å². The number of H-pyrrole nitrogens is 1. The summed E-state index contributed by atoms with van der Waals surface area (Å²) in [6.07, 6.45) is 4.43. The number of fused-ring (bicyclic) bond motifs is 1. The first-order valence-electron chi connectivity index (χ1n) is 5.98.